The molecular formula is C15H20O. The van der Waals surface area contributed by atoms with Gasteiger partial charge in [0.1, 0.15) is 0 Å². The molecule has 0 aromatic heterocycles. The average Bonchev–Trinajstić information content (AvgIpc) is 2.19. The maximum absolute atomic E-state index is 11.4. The van der Waals surface area contributed by atoms with Crippen molar-refractivity contribution in [1.82, 2.24) is 0 Å². The van der Waals surface area contributed by atoms with E-state index in [1.807, 2.05) is 6.92 Å². The second-order valence-corrected chi connectivity index (χ2v) is 4.66. The molecule has 1 nitrogen and oxygen atoms in total. The SMILES string of the molecule is CC(=O)C(C)=c1cc(C)c(=C(C)C)cc1C. The summed E-state index contributed by atoms with van der Waals surface area (Å²) in [5, 5.41) is 2.37. The Balaban J connectivity index is 3.76. The lowest BCUT2D eigenvalue weighted by Gasteiger charge is -2.04. The lowest BCUT2D eigenvalue weighted by Crippen LogP contribution is -2.20. The Bertz CT molecular complexity index is 544. The van der Waals surface area contributed by atoms with Crippen molar-refractivity contribution in [3.8, 4) is 0 Å². The van der Waals surface area contributed by atoms with Gasteiger partial charge in [-0.25, -0.2) is 0 Å². The van der Waals surface area contributed by atoms with Gasteiger partial charge in [0.25, 0.3) is 0 Å². The molecule has 0 atom stereocenters. The van der Waals surface area contributed by atoms with Crippen LogP contribution in [-0.2, 0) is 4.79 Å². The van der Waals surface area contributed by atoms with Crippen molar-refractivity contribution >= 4 is 16.9 Å². The summed E-state index contributed by atoms with van der Waals surface area (Å²) in [7, 11) is 0. The zero-order valence-corrected chi connectivity index (χ0v) is 11.1. The number of Topliss-reactive ketones (excluding diaryl/α,β-unsaturated/α-hetero) is 1. The summed E-state index contributed by atoms with van der Waals surface area (Å²) in [4.78, 5) is 11.4. The Labute approximate surface area is 97.5 Å². The first-order valence-electron chi connectivity index (χ1n) is 5.61. The topological polar surface area (TPSA) is 17.1 Å². The van der Waals surface area contributed by atoms with Crippen LogP contribution in [0.1, 0.15) is 38.8 Å². The molecule has 1 aromatic carbocycles. The summed E-state index contributed by atoms with van der Waals surface area (Å²) in [5.41, 5.74) is 4.57. The van der Waals surface area contributed by atoms with Crippen molar-refractivity contribution in [3.05, 3.63) is 33.7 Å². The standard InChI is InChI=1S/C15H20O/c1-9(2)14-7-11(4)15(8-10(14)3)12(5)13(6)16/h7-8H,1-6H3. The third-order valence-corrected chi connectivity index (χ3v) is 3.04. The average molecular weight is 216 g/mol. The van der Waals surface area contributed by atoms with Crippen LogP contribution < -0.4 is 10.4 Å². The minimum atomic E-state index is 0.146. The molecule has 86 valence electrons. The molecule has 16 heavy (non-hydrogen) atoms. The molecule has 0 N–H and O–H groups in total. The fraction of sp³-hybridized carbons (Fsp3) is 0.400. The highest BCUT2D eigenvalue weighted by atomic mass is 16.1. The Morgan fingerprint density at radius 1 is 0.875 bits per heavy atom. The summed E-state index contributed by atoms with van der Waals surface area (Å²) >= 11 is 0. The largest absolute Gasteiger partial charge is 0.295 e. The van der Waals surface area contributed by atoms with Crippen LogP contribution in [0.15, 0.2) is 12.1 Å². The van der Waals surface area contributed by atoms with Crippen molar-refractivity contribution in [2.24, 2.45) is 0 Å². The van der Waals surface area contributed by atoms with Gasteiger partial charge in [0, 0.05) is 0 Å². The van der Waals surface area contributed by atoms with E-state index in [0.29, 0.717) is 0 Å². The summed E-state index contributed by atoms with van der Waals surface area (Å²) in [6.07, 6.45) is 0. The molecular weight excluding hydrogens is 196 g/mol. The van der Waals surface area contributed by atoms with Gasteiger partial charge in [-0.1, -0.05) is 17.7 Å². The van der Waals surface area contributed by atoms with Gasteiger partial charge < -0.3 is 0 Å². The molecule has 0 aliphatic rings. The van der Waals surface area contributed by atoms with Crippen molar-refractivity contribution in [1.29, 1.82) is 0 Å². The number of benzene rings is 1. The lowest BCUT2D eigenvalue weighted by atomic mass is 10.0. The van der Waals surface area contributed by atoms with Crippen LogP contribution >= 0.6 is 0 Å². The molecule has 0 aliphatic carbocycles. The van der Waals surface area contributed by atoms with Gasteiger partial charge in [-0.15, -0.1) is 0 Å². The third kappa shape index (κ3) is 2.41. The van der Waals surface area contributed by atoms with Crippen LogP contribution in [0, 0.1) is 13.8 Å². The van der Waals surface area contributed by atoms with Gasteiger partial charge in [-0.2, -0.15) is 0 Å². The Morgan fingerprint density at radius 2 is 1.31 bits per heavy atom. The van der Waals surface area contributed by atoms with Crippen LogP contribution in [-0.4, -0.2) is 5.78 Å². The molecule has 0 radical (unpaired) electrons. The molecule has 0 aliphatic heterocycles. The number of hydrogen-bond donors (Lipinski definition) is 0. The predicted octanol–water partition coefficient (Wildman–Crippen LogP) is 2.25. The molecule has 1 aromatic rings. The quantitative estimate of drug-likeness (QED) is 0.703. The van der Waals surface area contributed by atoms with Gasteiger partial charge in [0.15, 0.2) is 5.78 Å². The smallest absolute Gasteiger partial charge is 0.156 e. The summed E-state index contributed by atoms with van der Waals surface area (Å²) in [5.74, 6) is 0.146. The number of carbonyl (C=O) groups excluding carboxylic acids is 1. The molecule has 0 heterocycles. The van der Waals surface area contributed by atoms with Crippen molar-refractivity contribution in [2.75, 3.05) is 0 Å². The van der Waals surface area contributed by atoms with Crippen molar-refractivity contribution in [3.63, 3.8) is 0 Å². The van der Waals surface area contributed by atoms with E-state index < -0.39 is 0 Å². The molecule has 1 rings (SSSR count). The molecule has 1 heteroatoms. The van der Waals surface area contributed by atoms with Crippen LogP contribution in [0.25, 0.3) is 11.1 Å². The van der Waals surface area contributed by atoms with E-state index in [1.54, 1.807) is 6.92 Å². The van der Waals surface area contributed by atoms with Crippen molar-refractivity contribution < 1.29 is 4.79 Å². The molecule has 0 spiro atoms. The summed E-state index contributed by atoms with van der Waals surface area (Å²) in [6.45, 7) is 11.9. The van der Waals surface area contributed by atoms with E-state index in [2.05, 4.69) is 39.8 Å². The fourth-order valence-corrected chi connectivity index (χ4v) is 1.95. The number of rotatable bonds is 1. The first-order chi connectivity index (χ1) is 7.34. The van der Waals surface area contributed by atoms with Gasteiger partial charge >= 0.3 is 0 Å². The first-order valence-corrected chi connectivity index (χ1v) is 5.61. The van der Waals surface area contributed by atoms with E-state index in [0.717, 1.165) is 10.8 Å². The second-order valence-electron chi connectivity index (χ2n) is 4.66. The molecule has 0 saturated heterocycles. The lowest BCUT2D eigenvalue weighted by molar-refractivity contribution is -0.112. The maximum atomic E-state index is 11.4. The highest BCUT2D eigenvalue weighted by molar-refractivity contribution is 6.12. The summed E-state index contributed by atoms with van der Waals surface area (Å²) < 4.78 is 0. The first kappa shape index (κ1) is 12.7. The minimum absolute atomic E-state index is 0.146. The monoisotopic (exact) mass is 216 g/mol. The molecule has 0 bridgehead atoms. The van der Waals surface area contributed by atoms with E-state index >= 15 is 0 Å². The number of carbonyl (C=O) groups is 1. The predicted molar refractivity (Wildman–Crippen MR) is 69.7 cm³/mol. The molecule has 0 amide bonds. The second kappa shape index (κ2) is 4.65. The number of aryl methyl sites for hydroxylation is 2. The summed E-state index contributed by atoms with van der Waals surface area (Å²) in [6, 6.07) is 4.29. The highest BCUT2D eigenvalue weighted by Gasteiger charge is 2.02. The molecule has 0 fully saturated rings. The van der Waals surface area contributed by atoms with Gasteiger partial charge in [-0.3, -0.25) is 4.79 Å². The van der Waals surface area contributed by atoms with E-state index in [9.17, 15) is 4.79 Å². The zero-order chi connectivity index (χ0) is 12.5. The van der Waals surface area contributed by atoms with E-state index in [-0.39, 0.29) is 5.78 Å². The Morgan fingerprint density at radius 3 is 1.75 bits per heavy atom. The molecule has 0 unspecified atom stereocenters. The van der Waals surface area contributed by atoms with Crippen molar-refractivity contribution in [2.45, 2.75) is 41.5 Å². The normalized spacial score (nSPS) is 12.4. The van der Waals surface area contributed by atoms with E-state index in [4.69, 9.17) is 0 Å². The number of hydrogen-bond acceptors (Lipinski definition) is 1. The Kier molecular flexibility index (Phi) is 3.69. The fourth-order valence-electron chi connectivity index (χ4n) is 1.95. The van der Waals surface area contributed by atoms with Crippen LogP contribution in [0.2, 0.25) is 0 Å². The van der Waals surface area contributed by atoms with Crippen LogP contribution in [0.5, 0.6) is 0 Å². The maximum Gasteiger partial charge on any atom is 0.156 e. The number of ketones is 1. The zero-order valence-electron chi connectivity index (χ0n) is 11.1. The molecule has 0 saturated carbocycles. The van der Waals surface area contributed by atoms with Crippen LogP contribution in [0.3, 0.4) is 0 Å². The van der Waals surface area contributed by atoms with Gasteiger partial charge in [0.2, 0.25) is 0 Å². The van der Waals surface area contributed by atoms with Gasteiger partial charge in [-0.05, 0) is 68.7 Å². The minimum Gasteiger partial charge on any atom is -0.295 e. The van der Waals surface area contributed by atoms with Crippen LogP contribution in [0.4, 0.5) is 0 Å². The third-order valence-electron chi connectivity index (χ3n) is 3.04. The van der Waals surface area contributed by atoms with E-state index in [1.165, 1.54) is 21.9 Å². The highest BCUT2D eigenvalue weighted by Crippen LogP contribution is 1.98. The van der Waals surface area contributed by atoms with Gasteiger partial charge in [0.05, 0.1) is 0 Å². The Hall–Kier alpha value is -1.37.